The molecular weight excluding hydrogens is 246 g/mol. The van der Waals surface area contributed by atoms with Gasteiger partial charge in [-0.2, -0.15) is 35.1 Å². The van der Waals surface area contributed by atoms with Crippen molar-refractivity contribution in [1.82, 2.24) is 0 Å². The van der Waals surface area contributed by atoms with E-state index in [1.807, 2.05) is 0 Å². The van der Waals surface area contributed by atoms with E-state index in [0.717, 1.165) is 0 Å². The quantitative estimate of drug-likeness (QED) is 0.393. The van der Waals surface area contributed by atoms with E-state index in [9.17, 15) is 39.5 Å². The van der Waals surface area contributed by atoms with Gasteiger partial charge in [0, 0.05) is 0 Å². The van der Waals surface area contributed by atoms with Crippen LogP contribution in [0.15, 0.2) is 0 Å². The zero-order chi connectivity index (χ0) is 12.3. The van der Waals surface area contributed by atoms with Gasteiger partial charge in [-0.25, -0.2) is 4.39 Å². The average Bonchev–Trinajstić information content (AvgIpc) is 2.19. The van der Waals surface area contributed by atoms with Crippen molar-refractivity contribution in [3.05, 3.63) is 0 Å². The molecule has 0 spiro atoms. The summed E-state index contributed by atoms with van der Waals surface area (Å²) in [7, 11) is 0. The van der Waals surface area contributed by atoms with Crippen LogP contribution in [0, 0.1) is 0 Å². The van der Waals surface area contributed by atoms with Gasteiger partial charge in [-0.1, -0.05) is 0 Å². The van der Waals surface area contributed by atoms with Crippen LogP contribution in [0.1, 0.15) is 0 Å². The fraction of sp³-hybridized carbons (Fsp3) is 1.00. The SMILES string of the molecule is FC(F)(F)B(C(F)(F)F)C1(F)OC1(F)F. The molecule has 0 aromatic carbocycles. The average molecular weight is 246 g/mol. The third-order valence-electron chi connectivity index (χ3n) is 1.66. The van der Waals surface area contributed by atoms with Crippen LogP contribution in [0.4, 0.5) is 39.5 Å². The standard InChI is InChI=1S/C4BF9O/c6-1(2(7,8)15-1)5(3(9,10)11)4(12,13)14. The van der Waals surface area contributed by atoms with Crippen LogP contribution < -0.4 is 0 Å². The summed E-state index contributed by atoms with van der Waals surface area (Å²) in [5.41, 5.74) is 0. The largest absolute Gasteiger partial charge is 0.485 e. The topological polar surface area (TPSA) is 12.5 Å². The number of hydrogen-bond donors (Lipinski definition) is 0. The summed E-state index contributed by atoms with van der Waals surface area (Å²) >= 11 is 0. The number of ether oxygens (including phenoxy) is 1. The Balaban J connectivity index is 3.06. The van der Waals surface area contributed by atoms with Gasteiger partial charge >= 0.3 is 25.0 Å². The van der Waals surface area contributed by atoms with Crippen molar-refractivity contribution in [2.75, 3.05) is 0 Å². The Labute approximate surface area is 76.3 Å². The van der Waals surface area contributed by atoms with E-state index in [1.165, 1.54) is 0 Å². The lowest BCUT2D eigenvalue weighted by atomic mass is 9.43. The van der Waals surface area contributed by atoms with Crippen molar-refractivity contribution in [2.24, 2.45) is 0 Å². The molecule has 1 unspecified atom stereocenters. The molecule has 0 bridgehead atoms. The maximum atomic E-state index is 12.5. The van der Waals surface area contributed by atoms with E-state index >= 15 is 0 Å². The van der Waals surface area contributed by atoms with Crippen LogP contribution in [-0.2, 0) is 4.74 Å². The highest BCUT2D eigenvalue weighted by atomic mass is 19.4. The molecule has 1 atom stereocenters. The fourth-order valence-electron chi connectivity index (χ4n) is 0.995. The monoisotopic (exact) mass is 246 g/mol. The van der Waals surface area contributed by atoms with Gasteiger partial charge in [0.25, 0.3) is 5.75 Å². The van der Waals surface area contributed by atoms with E-state index in [1.54, 1.807) is 0 Å². The minimum atomic E-state index is -6.20. The Morgan fingerprint density at radius 2 is 1.07 bits per heavy atom. The van der Waals surface area contributed by atoms with Gasteiger partial charge in [-0.3, -0.25) is 4.74 Å². The molecule has 1 aliphatic rings. The number of epoxide rings is 1. The Morgan fingerprint density at radius 3 is 1.13 bits per heavy atom. The first-order valence-corrected chi connectivity index (χ1v) is 3.23. The molecule has 0 aromatic heterocycles. The van der Waals surface area contributed by atoms with Crippen LogP contribution >= 0.6 is 0 Å². The molecule has 1 nitrogen and oxygen atoms in total. The molecule has 11 heteroatoms. The van der Waals surface area contributed by atoms with Crippen molar-refractivity contribution in [3.63, 3.8) is 0 Å². The predicted molar refractivity (Wildman–Crippen MR) is 27.7 cm³/mol. The van der Waals surface area contributed by atoms with Gasteiger partial charge < -0.3 is 0 Å². The van der Waals surface area contributed by atoms with Gasteiger partial charge in [0.05, 0.1) is 0 Å². The molecule has 15 heavy (non-hydrogen) atoms. The van der Waals surface area contributed by atoms with Crippen LogP contribution in [0.2, 0.25) is 0 Å². The van der Waals surface area contributed by atoms with Crippen molar-refractivity contribution < 1.29 is 44.3 Å². The molecular formula is C4BF9O. The number of alkyl halides is 9. The van der Waals surface area contributed by atoms with Crippen molar-refractivity contribution in [1.29, 1.82) is 0 Å². The molecule has 1 rings (SSSR count). The van der Waals surface area contributed by atoms with Crippen LogP contribution in [0.3, 0.4) is 0 Å². The van der Waals surface area contributed by atoms with Gasteiger partial charge in [0.15, 0.2) is 0 Å². The summed E-state index contributed by atoms with van der Waals surface area (Å²) in [6, 6.07) is 0. The lowest BCUT2D eigenvalue weighted by Crippen LogP contribution is -2.57. The smallest absolute Gasteiger partial charge is 0.277 e. The lowest BCUT2D eigenvalue weighted by molar-refractivity contribution is -0.115. The molecule has 0 amide bonds. The molecule has 0 radical (unpaired) electrons. The predicted octanol–water partition coefficient (Wildman–Crippen LogP) is 2.51. The van der Waals surface area contributed by atoms with Gasteiger partial charge in [0.2, 0.25) is 0 Å². The summed E-state index contributed by atoms with van der Waals surface area (Å²) < 4.78 is 109. The zero-order valence-corrected chi connectivity index (χ0v) is 6.39. The Kier molecular flexibility index (Phi) is 2.28. The van der Waals surface area contributed by atoms with Crippen molar-refractivity contribution in [2.45, 2.75) is 24.0 Å². The molecule has 0 N–H and O–H groups in total. The van der Waals surface area contributed by atoms with Crippen LogP contribution in [0.5, 0.6) is 0 Å². The molecule has 0 aromatic rings. The summed E-state index contributed by atoms with van der Waals surface area (Å²) in [6.45, 7) is -4.85. The van der Waals surface area contributed by atoms with E-state index in [-0.39, 0.29) is 0 Å². The van der Waals surface area contributed by atoms with Gasteiger partial charge in [0.1, 0.15) is 0 Å². The third-order valence-corrected chi connectivity index (χ3v) is 1.66. The van der Waals surface area contributed by atoms with Gasteiger partial charge in [-0.15, -0.1) is 0 Å². The minimum absolute atomic E-state index is 2.57. The summed E-state index contributed by atoms with van der Waals surface area (Å²) in [6.07, 6.45) is -17.5. The normalized spacial score (nSPS) is 30.2. The lowest BCUT2D eigenvalue weighted by Gasteiger charge is -2.19. The molecule has 0 saturated carbocycles. The van der Waals surface area contributed by atoms with E-state index in [4.69, 9.17) is 0 Å². The van der Waals surface area contributed by atoms with Crippen molar-refractivity contribution >= 4 is 6.71 Å². The number of rotatable bonds is 1. The van der Waals surface area contributed by atoms with Gasteiger partial charge in [-0.05, 0) is 0 Å². The second kappa shape index (κ2) is 2.74. The Morgan fingerprint density at radius 1 is 0.800 bits per heavy atom. The van der Waals surface area contributed by atoms with Crippen molar-refractivity contribution in [3.8, 4) is 0 Å². The molecule has 1 heterocycles. The highest BCUT2D eigenvalue weighted by Crippen LogP contribution is 2.59. The first-order chi connectivity index (χ1) is 6.32. The fourth-order valence-corrected chi connectivity index (χ4v) is 0.995. The highest BCUT2D eigenvalue weighted by molar-refractivity contribution is 6.66. The molecule has 1 fully saturated rings. The second-order valence-corrected chi connectivity index (χ2v) is 2.78. The zero-order valence-electron chi connectivity index (χ0n) is 6.39. The van der Waals surface area contributed by atoms with Crippen LogP contribution in [-0.4, -0.2) is 30.7 Å². The van der Waals surface area contributed by atoms with E-state index < -0.39 is 30.7 Å². The first kappa shape index (κ1) is 12.5. The van der Waals surface area contributed by atoms with E-state index in [0.29, 0.717) is 0 Å². The third kappa shape index (κ3) is 1.88. The first-order valence-electron chi connectivity index (χ1n) is 3.23. The summed E-state index contributed by atoms with van der Waals surface area (Å²) in [4.78, 5) is 0. The molecule has 1 saturated heterocycles. The summed E-state index contributed by atoms with van der Waals surface area (Å²) in [5, 5.41) is 0. The Bertz CT molecular complexity index is 254. The number of halogens is 9. The number of hydrogen-bond acceptors (Lipinski definition) is 1. The maximum Gasteiger partial charge on any atom is 0.485 e. The molecule has 88 valence electrons. The summed E-state index contributed by atoms with van der Waals surface area (Å²) in [5.74, 6) is -5.05. The Hall–Kier alpha value is -0.605. The van der Waals surface area contributed by atoms with Crippen LogP contribution in [0.25, 0.3) is 0 Å². The highest BCUT2D eigenvalue weighted by Gasteiger charge is 2.92. The molecule has 0 aliphatic carbocycles. The second-order valence-electron chi connectivity index (χ2n) is 2.78. The molecule has 1 aliphatic heterocycles. The minimum Gasteiger partial charge on any atom is -0.277 e. The van der Waals surface area contributed by atoms with E-state index in [2.05, 4.69) is 4.74 Å². The maximum absolute atomic E-state index is 12.5.